The molecule has 0 heterocycles. The SMILES string of the molecule is CN=C(N)NC(C)CC1CC1. The lowest BCUT2D eigenvalue weighted by Crippen LogP contribution is -2.38. The number of nitrogens with two attached hydrogens (primary N) is 1. The molecule has 64 valence electrons. The van der Waals surface area contributed by atoms with Crippen LogP contribution >= 0.6 is 0 Å². The van der Waals surface area contributed by atoms with Crippen LogP contribution in [0.15, 0.2) is 4.99 Å². The van der Waals surface area contributed by atoms with E-state index in [2.05, 4.69) is 17.2 Å². The second kappa shape index (κ2) is 3.60. The number of guanidine groups is 1. The molecule has 0 radical (unpaired) electrons. The standard InChI is InChI=1S/C8H17N3/c1-6(5-7-3-4-7)11-8(9)10-2/h6-7H,3-5H2,1-2H3,(H3,9,10,11). The third-order valence-corrected chi connectivity index (χ3v) is 2.02. The predicted molar refractivity (Wildman–Crippen MR) is 47.5 cm³/mol. The smallest absolute Gasteiger partial charge is 0.188 e. The van der Waals surface area contributed by atoms with Crippen molar-refractivity contribution in [1.82, 2.24) is 5.32 Å². The monoisotopic (exact) mass is 155 g/mol. The largest absolute Gasteiger partial charge is 0.370 e. The van der Waals surface area contributed by atoms with Crippen LogP contribution in [0.5, 0.6) is 0 Å². The zero-order chi connectivity index (χ0) is 8.27. The Kier molecular flexibility index (Phi) is 2.74. The molecule has 0 aliphatic heterocycles. The maximum absolute atomic E-state index is 5.51. The van der Waals surface area contributed by atoms with Crippen LogP contribution in [0.3, 0.4) is 0 Å². The van der Waals surface area contributed by atoms with Gasteiger partial charge in [0.25, 0.3) is 0 Å². The van der Waals surface area contributed by atoms with Gasteiger partial charge >= 0.3 is 0 Å². The Bertz CT molecular complexity index is 149. The Hall–Kier alpha value is -0.730. The highest BCUT2D eigenvalue weighted by Crippen LogP contribution is 2.33. The second-order valence-electron chi connectivity index (χ2n) is 3.33. The molecule has 3 nitrogen and oxygen atoms in total. The van der Waals surface area contributed by atoms with Crippen molar-refractivity contribution in [2.24, 2.45) is 16.6 Å². The lowest BCUT2D eigenvalue weighted by molar-refractivity contribution is 0.561. The number of hydrogen-bond acceptors (Lipinski definition) is 1. The molecule has 1 atom stereocenters. The van der Waals surface area contributed by atoms with Crippen LogP contribution < -0.4 is 11.1 Å². The lowest BCUT2D eigenvalue weighted by atomic mass is 10.2. The van der Waals surface area contributed by atoms with Crippen LogP contribution in [-0.2, 0) is 0 Å². The van der Waals surface area contributed by atoms with Gasteiger partial charge in [0.05, 0.1) is 0 Å². The van der Waals surface area contributed by atoms with E-state index in [1.807, 2.05) is 0 Å². The zero-order valence-electron chi connectivity index (χ0n) is 7.30. The van der Waals surface area contributed by atoms with Gasteiger partial charge in [-0.1, -0.05) is 12.8 Å². The van der Waals surface area contributed by atoms with Gasteiger partial charge < -0.3 is 11.1 Å². The molecular formula is C8H17N3. The molecule has 0 saturated heterocycles. The van der Waals surface area contributed by atoms with E-state index in [4.69, 9.17) is 5.73 Å². The third kappa shape index (κ3) is 3.25. The van der Waals surface area contributed by atoms with E-state index >= 15 is 0 Å². The van der Waals surface area contributed by atoms with Gasteiger partial charge in [-0.2, -0.15) is 0 Å². The summed E-state index contributed by atoms with van der Waals surface area (Å²) in [6.45, 7) is 2.15. The van der Waals surface area contributed by atoms with E-state index in [0.717, 1.165) is 5.92 Å². The summed E-state index contributed by atoms with van der Waals surface area (Å²) in [5.74, 6) is 1.50. The van der Waals surface area contributed by atoms with Crippen LogP contribution in [0.4, 0.5) is 0 Å². The molecule has 0 bridgehead atoms. The van der Waals surface area contributed by atoms with E-state index < -0.39 is 0 Å². The molecule has 1 unspecified atom stereocenters. The average molecular weight is 155 g/mol. The molecule has 11 heavy (non-hydrogen) atoms. The summed E-state index contributed by atoms with van der Waals surface area (Å²) >= 11 is 0. The third-order valence-electron chi connectivity index (χ3n) is 2.02. The molecule has 1 fully saturated rings. The lowest BCUT2D eigenvalue weighted by Gasteiger charge is -2.12. The minimum absolute atomic E-state index is 0.478. The van der Waals surface area contributed by atoms with Crippen molar-refractivity contribution in [2.75, 3.05) is 7.05 Å². The van der Waals surface area contributed by atoms with Crippen LogP contribution in [0.1, 0.15) is 26.2 Å². The molecule has 0 amide bonds. The summed E-state index contributed by atoms with van der Waals surface area (Å²) in [5.41, 5.74) is 5.51. The van der Waals surface area contributed by atoms with Crippen molar-refractivity contribution in [1.29, 1.82) is 0 Å². The molecule has 0 aromatic heterocycles. The van der Waals surface area contributed by atoms with Crippen molar-refractivity contribution in [3.8, 4) is 0 Å². The van der Waals surface area contributed by atoms with Gasteiger partial charge in [-0.3, -0.25) is 4.99 Å². The van der Waals surface area contributed by atoms with Crippen molar-refractivity contribution in [3.05, 3.63) is 0 Å². The van der Waals surface area contributed by atoms with Gasteiger partial charge in [0.2, 0.25) is 0 Å². The summed E-state index contributed by atoms with van der Waals surface area (Å²) in [7, 11) is 1.70. The van der Waals surface area contributed by atoms with Crippen LogP contribution in [0.25, 0.3) is 0 Å². The van der Waals surface area contributed by atoms with Gasteiger partial charge in [0, 0.05) is 13.1 Å². The normalized spacial score (nSPS) is 21.5. The minimum Gasteiger partial charge on any atom is -0.370 e. The summed E-state index contributed by atoms with van der Waals surface area (Å²) in [6, 6.07) is 0.478. The number of nitrogens with zero attached hydrogens (tertiary/aromatic N) is 1. The van der Waals surface area contributed by atoms with E-state index in [-0.39, 0.29) is 0 Å². The molecule has 1 saturated carbocycles. The van der Waals surface area contributed by atoms with Crippen LogP contribution in [-0.4, -0.2) is 19.0 Å². The maximum atomic E-state index is 5.51. The van der Waals surface area contributed by atoms with Crippen molar-refractivity contribution < 1.29 is 0 Å². The molecule has 0 aromatic rings. The first-order chi connectivity index (χ1) is 5.22. The average Bonchev–Trinajstić information content (AvgIpc) is 2.71. The summed E-state index contributed by atoms with van der Waals surface area (Å²) < 4.78 is 0. The Morgan fingerprint density at radius 2 is 2.36 bits per heavy atom. The van der Waals surface area contributed by atoms with Crippen LogP contribution in [0, 0.1) is 5.92 Å². The Morgan fingerprint density at radius 1 is 1.73 bits per heavy atom. The van der Waals surface area contributed by atoms with Crippen molar-refractivity contribution in [3.63, 3.8) is 0 Å². The molecule has 3 N–H and O–H groups in total. The Morgan fingerprint density at radius 3 is 2.82 bits per heavy atom. The number of rotatable bonds is 3. The van der Waals surface area contributed by atoms with Gasteiger partial charge in [-0.05, 0) is 19.3 Å². The first-order valence-corrected chi connectivity index (χ1v) is 4.21. The first kappa shape index (κ1) is 8.37. The summed E-state index contributed by atoms with van der Waals surface area (Å²) in [6.07, 6.45) is 4.03. The van der Waals surface area contributed by atoms with Gasteiger partial charge in [-0.25, -0.2) is 0 Å². The van der Waals surface area contributed by atoms with E-state index in [1.165, 1.54) is 19.3 Å². The summed E-state index contributed by atoms with van der Waals surface area (Å²) in [4.78, 5) is 3.84. The Labute approximate surface area is 68.1 Å². The highest BCUT2D eigenvalue weighted by Gasteiger charge is 2.23. The minimum atomic E-state index is 0.478. The Balaban J connectivity index is 2.13. The summed E-state index contributed by atoms with van der Waals surface area (Å²) in [5, 5.41) is 3.13. The quantitative estimate of drug-likeness (QED) is 0.466. The molecule has 0 aromatic carbocycles. The van der Waals surface area contributed by atoms with Gasteiger partial charge in [0.1, 0.15) is 0 Å². The first-order valence-electron chi connectivity index (χ1n) is 4.21. The number of nitrogens with one attached hydrogen (secondary N) is 1. The van der Waals surface area contributed by atoms with E-state index in [9.17, 15) is 0 Å². The number of aliphatic imine (C=N–C) groups is 1. The topological polar surface area (TPSA) is 50.4 Å². The van der Waals surface area contributed by atoms with Crippen molar-refractivity contribution in [2.45, 2.75) is 32.2 Å². The fourth-order valence-electron chi connectivity index (χ4n) is 1.23. The van der Waals surface area contributed by atoms with Gasteiger partial charge in [0.15, 0.2) is 5.96 Å². The highest BCUT2D eigenvalue weighted by molar-refractivity contribution is 5.77. The second-order valence-corrected chi connectivity index (χ2v) is 3.33. The fraction of sp³-hybridized carbons (Fsp3) is 0.875. The predicted octanol–water partition coefficient (Wildman–Crippen LogP) is 0.709. The molecular weight excluding hydrogens is 138 g/mol. The molecule has 3 heteroatoms. The fourth-order valence-corrected chi connectivity index (χ4v) is 1.23. The maximum Gasteiger partial charge on any atom is 0.188 e. The van der Waals surface area contributed by atoms with Gasteiger partial charge in [-0.15, -0.1) is 0 Å². The molecule has 1 aliphatic carbocycles. The van der Waals surface area contributed by atoms with E-state index in [1.54, 1.807) is 7.05 Å². The van der Waals surface area contributed by atoms with Crippen molar-refractivity contribution >= 4 is 5.96 Å². The van der Waals surface area contributed by atoms with E-state index in [0.29, 0.717) is 12.0 Å². The molecule has 1 aliphatic rings. The highest BCUT2D eigenvalue weighted by atomic mass is 15.1. The zero-order valence-corrected chi connectivity index (χ0v) is 7.30. The van der Waals surface area contributed by atoms with Crippen LogP contribution in [0.2, 0.25) is 0 Å². The molecule has 1 rings (SSSR count). The molecule has 0 spiro atoms. The number of hydrogen-bond donors (Lipinski definition) is 2.